The number of phenolic OH excluding ortho intramolecular Hbond substituents is 1. The first-order valence-corrected chi connectivity index (χ1v) is 21.7. The number of rotatable bonds is 21. The summed E-state index contributed by atoms with van der Waals surface area (Å²) in [7, 11) is 0. The van der Waals surface area contributed by atoms with Crippen LogP contribution in [0, 0.1) is 34.5 Å². The third-order valence-corrected chi connectivity index (χ3v) is 11.0. The van der Waals surface area contributed by atoms with Crippen LogP contribution in [-0.4, -0.2) is 48.5 Å². The standard InChI is InChI=1S/C51H55N3O9/c52-32-37-21-25-39(26-22-37)50-60-35-42(48(62-50)41-16-13-29-54-34-41)14-5-3-7-19-46(56)58-30-11-1-2-12-31-59-47(57)20-8-4-6-15-43-36-61-51(40-27-23-38(33-53)24-28-40)63-49(43)44-17-9-10-18-45(44)55/h3-6,9-10,13,16-18,21-29,34,42-43,48-51,55H,1-2,7-8,11-12,14-15,19-20,30-31,35-36H2/b5-3-,6-4-/t42-,43-,48-,49+,50+,51+/m1/s1. The van der Waals surface area contributed by atoms with Gasteiger partial charge in [0, 0.05) is 53.8 Å². The predicted molar refractivity (Wildman–Crippen MR) is 233 cm³/mol. The zero-order valence-electron chi connectivity index (χ0n) is 35.5. The highest BCUT2D eigenvalue weighted by Gasteiger charge is 2.35. The third-order valence-electron chi connectivity index (χ3n) is 11.0. The molecule has 12 nitrogen and oxygen atoms in total. The average Bonchev–Trinajstić information content (AvgIpc) is 3.32. The number of pyridine rings is 1. The van der Waals surface area contributed by atoms with Crippen LogP contribution < -0.4 is 0 Å². The van der Waals surface area contributed by atoms with Gasteiger partial charge in [-0.15, -0.1) is 0 Å². The van der Waals surface area contributed by atoms with Gasteiger partial charge in [0.2, 0.25) is 0 Å². The van der Waals surface area contributed by atoms with Crippen molar-refractivity contribution in [1.29, 1.82) is 10.5 Å². The number of phenols is 1. The molecule has 6 atom stereocenters. The second-order valence-corrected chi connectivity index (χ2v) is 15.6. The molecule has 328 valence electrons. The van der Waals surface area contributed by atoms with Crippen LogP contribution in [0.25, 0.3) is 0 Å². The number of aromatic nitrogens is 1. The maximum Gasteiger partial charge on any atom is 0.306 e. The van der Waals surface area contributed by atoms with Crippen LogP contribution in [0.15, 0.2) is 122 Å². The SMILES string of the molecule is N#Cc1ccc([C@H]2OC[C@@H](C/C=C\CCC(=O)OCCCCCCOC(=O)CC/C=C\C[C@@H]3CO[C@H](c4ccc(C#N)cc4)O[C@@H]3c3ccccc3O)[C@@H](c3cccnc3)O2)cc1. The summed E-state index contributed by atoms with van der Waals surface area (Å²) in [5.74, 6) is -0.309. The first-order valence-electron chi connectivity index (χ1n) is 21.7. The van der Waals surface area contributed by atoms with Crippen LogP contribution in [0.2, 0.25) is 0 Å². The van der Waals surface area contributed by atoms with E-state index in [2.05, 4.69) is 23.2 Å². The van der Waals surface area contributed by atoms with Crippen molar-refractivity contribution in [2.24, 2.45) is 11.8 Å². The lowest BCUT2D eigenvalue weighted by Crippen LogP contribution is -2.30. The van der Waals surface area contributed by atoms with E-state index in [9.17, 15) is 14.7 Å². The summed E-state index contributed by atoms with van der Waals surface area (Å²) in [6.45, 7) is 1.61. The van der Waals surface area contributed by atoms with E-state index in [1.54, 1.807) is 42.6 Å². The maximum absolute atomic E-state index is 12.3. The monoisotopic (exact) mass is 853 g/mol. The summed E-state index contributed by atoms with van der Waals surface area (Å²) in [4.78, 5) is 28.9. The van der Waals surface area contributed by atoms with E-state index in [4.69, 9.17) is 38.9 Å². The van der Waals surface area contributed by atoms with Gasteiger partial charge in [-0.25, -0.2) is 0 Å². The van der Waals surface area contributed by atoms with Gasteiger partial charge in [-0.1, -0.05) is 72.8 Å². The number of benzene rings is 3. The highest BCUT2D eigenvalue weighted by Crippen LogP contribution is 2.43. The van der Waals surface area contributed by atoms with Gasteiger partial charge in [0.15, 0.2) is 12.6 Å². The van der Waals surface area contributed by atoms with Crippen molar-refractivity contribution in [3.8, 4) is 17.9 Å². The highest BCUT2D eigenvalue weighted by molar-refractivity contribution is 5.69. The van der Waals surface area contributed by atoms with Gasteiger partial charge in [-0.2, -0.15) is 10.5 Å². The summed E-state index contributed by atoms with van der Waals surface area (Å²) in [5, 5.41) is 28.9. The summed E-state index contributed by atoms with van der Waals surface area (Å²) in [6, 6.07) is 29.6. The molecule has 2 aliphatic heterocycles. The number of hydrogen-bond acceptors (Lipinski definition) is 12. The number of allylic oxidation sites excluding steroid dienone is 4. The molecule has 1 aromatic heterocycles. The molecule has 0 amide bonds. The van der Waals surface area contributed by atoms with Gasteiger partial charge in [0.05, 0.1) is 61.9 Å². The van der Waals surface area contributed by atoms with Crippen molar-refractivity contribution >= 4 is 11.9 Å². The molecule has 63 heavy (non-hydrogen) atoms. The van der Waals surface area contributed by atoms with Gasteiger partial charge >= 0.3 is 11.9 Å². The molecule has 0 bridgehead atoms. The summed E-state index contributed by atoms with van der Waals surface area (Å²) < 4.78 is 35.8. The first-order chi connectivity index (χ1) is 30.9. The van der Waals surface area contributed by atoms with Gasteiger partial charge in [-0.05, 0) is 93.3 Å². The van der Waals surface area contributed by atoms with E-state index < -0.39 is 18.7 Å². The number of para-hydroxylation sites is 1. The normalized spacial score (nSPS) is 21.1. The summed E-state index contributed by atoms with van der Waals surface area (Å²) in [6.07, 6.45) is 16.1. The number of unbranched alkanes of at least 4 members (excludes halogenated alkanes) is 3. The molecule has 0 saturated carbocycles. The fourth-order valence-electron chi connectivity index (χ4n) is 7.53. The van der Waals surface area contributed by atoms with Gasteiger partial charge < -0.3 is 33.5 Å². The van der Waals surface area contributed by atoms with Crippen LogP contribution in [0.5, 0.6) is 5.75 Å². The number of hydrogen-bond donors (Lipinski definition) is 1. The summed E-state index contributed by atoms with van der Waals surface area (Å²) in [5.41, 5.74) is 4.44. The molecule has 6 rings (SSSR count). The molecule has 0 aliphatic carbocycles. The lowest BCUT2D eigenvalue weighted by molar-refractivity contribution is -0.244. The minimum atomic E-state index is -0.628. The molecule has 3 aromatic carbocycles. The van der Waals surface area contributed by atoms with E-state index in [1.807, 2.05) is 73.0 Å². The molecular weight excluding hydrogens is 799 g/mol. The molecule has 1 N–H and O–H groups in total. The van der Waals surface area contributed by atoms with Crippen molar-refractivity contribution < 1.29 is 43.1 Å². The Kier molecular flexibility index (Phi) is 18.5. The molecule has 0 unspecified atom stereocenters. The van der Waals surface area contributed by atoms with Crippen molar-refractivity contribution in [3.63, 3.8) is 0 Å². The summed E-state index contributed by atoms with van der Waals surface area (Å²) >= 11 is 0. The zero-order chi connectivity index (χ0) is 44.1. The topological polar surface area (TPSA) is 170 Å². The van der Waals surface area contributed by atoms with Gasteiger partial charge in [0.25, 0.3) is 0 Å². The second-order valence-electron chi connectivity index (χ2n) is 15.6. The van der Waals surface area contributed by atoms with E-state index >= 15 is 0 Å². The Morgan fingerprint density at radius 2 is 1.17 bits per heavy atom. The molecule has 2 aliphatic rings. The fraction of sp³-hybridized carbons (Fsp3) is 0.392. The molecular formula is C51H55N3O9. The molecule has 3 heterocycles. The molecule has 0 radical (unpaired) electrons. The van der Waals surface area contributed by atoms with E-state index in [-0.39, 0.29) is 42.0 Å². The van der Waals surface area contributed by atoms with Crippen molar-refractivity contribution in [3.05, 3.63) is 155 Å². The van der Waals surface area contributed by atoms with E-state index in [0.717, 1.165) is 42.4 Å². The van der Waals surface area contributed by atoms with Crippen molar-refractivity contribution in [2.75, 3.05) is 26.4 Å². The number of carbonyl (C=O) groups is 2. The molecule has 12 heteroatoms. The first kappa shape index (κ1) is 46.4. The third kappa shape index (κ3) is 14.5. The molecule has 4 aromatic rings. The van der Waals surface area contributed by atoms with Crippen LogP contribution in [0.3, 0.4) is 0 Å². The second kappa shape index (κ2) is 25.1. The Morgan fingerprint density at radius 1 is 0.651 bits per heavy atom. The van der Waals surface area contributed by atoms with Crippen LogP contribution in [-0.2, 0) is 38.0 Å². The zero-order valence-corrected chi connectivity index (χ0v) is 35.5. The van der Waals surface area contributed by atoms with Crippen LogP contribution >= 0.6 is 0 Å². The van der Waals surface area contributed by atoms with Gasteiger partial charge in [0.1, 0.15) is 5.75 Å². The largest absolute Gasteiger partial charge is 0.508 e. The smallest absolute Gasteiger partial charge is 0.306 e. The van der Waals surface area contributed by atoms with E-state index in [0.29, 0.717) is 75.2 Å². The maximum atomic E-state index is 12.3. The van der Waals surface area contributed by atoms with Crippen molar-refractivity contribution in [1.82, 2.24) is 4.98 Å². The Morgan fingerprint density at radius 3 is 1.68 bits per heavy atom. The van der Waals surface area contributed by atoms with E-state index in [1.165, 1.54) is 0 Å². The Balaban J connectivity index is 0.797. The quantitative estimate of drug-likeness (QED) is 0.0479. The Labute approximate surface area is 369 Å². The number of carbonyl (C=O) groups excluding carboxylic acids is 2. The molecule has 2 saturated heterocycles. The number of esters is 2. The minimum Gasteiger partial charge on any atom is -0.508 e. The lowest BCUT2D eigenvalue weighted by atomic mass is 9.91. The minimum absolute atomic E-state index is 0.0587. The highest BCUT2D eigenvalue weighted by atomic mass is 16.7. The average molecular weight is 854 g/mol. The van der Waals surface area contributed by atoms with Gasteiger partial charge in [-0.3, -0.25) is 14.6 Å². The lowest BCUT2D eigenvalue weighted by Gasteiger charge is -2.37. The molecule has 0 spiro atoms. The number of aromatic hydroxyl groups is 1. The number of nitriles is 2. The molecule has 2 fully saturated rings. The Hall–Kier alpha value is -6.15. The predicted octanol–water partition coefficient (Wildman–Crippen LogP) is 10.1. The fourth-order valence-corrected chi connectivity index (χ4v) is 7.53. The van der Waals surface area contributed by atoms with Crippen LogP contribution in [0.1, 0.15) is 122 Å². The number of ether oxygens (including phenoxy) is 6. The number of nitrogens with zero attached hydrogens (tertiary/aromatic N) is 3. The Bertz CT molecular complexity index is 2180. The van der Waals surface area contributed by atoms with Crippen molar-refractivity contribution in [2.45, 2.75) is 89.0 Å². The van der Waals surface area contributed by atoms with Crippen LogP contribution in [0.4, 0.5) is 0 Å².